The van der Waals surface area contributed by atoms with E-state index in [-0.39, 0.29) is 24.8 Å². The maximum atomic E-state index is 2.53. The summed E-state index contributed by atoms with van der Waals surface area (Å²) in [5.74, 6) is 0. The van der Waals surface area contributed by atoms with Crippen LogP contribution in [-0.2, 0) is 21.8 Å². The van der Waals surface area contributed by atoms with E-state index in [1.807, 2.05) is 0 Å². The molecule has 2 aliphatic rings. The summed E-state index contributed by atoms with van der Waals surface area (Å²) in [6.07, 6.45) is 4.90. The summed E-state index contributed by atoms with van der Waals surface area (Å²) in [4.78, 5) is 0. The van der Waals surface area contributed by atoms with Gasteiger partial charge >= 0.3 is 165 Å². The van der Waals surface area contributed by atoms with Crippen LogP contribution < -0.4 is 24.8 Å². The van der Waals surface area contributed by atoms with Crippen LogP contribution in [0.15, 0.2) is 78.9 Å². The Morgan fingerprint density at radius 2 is 1.18 bits per heavy atom. The Morgan fingerprint density at radius 1 is 0.679 bits per heavy atom. The van der Waals surface area contributed by atoms with Crippen LogP contribution in [-0.4, -0.2) is 0 Å². The summed E-state index contributed by atoms with van der Waals surface area (Å²) in [6.45, 7) is 4.96. The van der Waals surface area contributed by atoms with Gasteiger partial charge in [-0.05, 0) is 0 Å². The zero-order valence-corrected chi connectivity index (χ0v) is 20.0. The average molecular weight is 486 g/mol. The van der Waals surface area contributed by atoms with Crippen molar-refractivity contribution in [2.75, 3.05) is 0 Å². The Bertz CT molecular complexity index is 963. The van der Waals surface area contributed by atoms with Gasteiger partial charge in [-0.2, -0.15) is 0 Å². The molecule has 141 valence electrons. The van der Waals surface area contributed by atoms with Crippen molar-refractivity contribution in [1.82, 2.24) is 0 Å². The first-order valence-corrected chi connectivity index (χ1v) is 13.8. The number of hydrogen-bond acceptors (Lipinski definition) is 0. The van der Waals surface area contributed by atoms with Crippen molar-refractivity contribution in [3.05, 3.63) is 101 Å². The zero-order chi connectivity index (χ0) is 17.7. The van der Waals surface area contributed by atoms with Gasteiger partial charge in [-0.3, -0.25) is 0 Å². The molecule has 0 spiro atoms. The summed E-state index contributed by atoms with van der Waals surface area (Å²) in [7, 11) is 0. The first-order valence-electron chi connectivity index (χ1n) is 9.57. The molecule has 28 heavy (non-hydrogen) atoms. The smallest absolute Gasteiger partial charge is 1.00 e. The second kappa shape index (κ2) is 8.70. The van der Waals surface area contributed by atoms with Crippen LogP contribution in [0.25, 0.3) is 17.2 Å². The maximum absolute atomic E-state index is 2.53. The number of allylic oxidation sites excluding steroid dienone is 1. The first kappa shape index (κ1) is 21.6. The predicted octanol–water partition coefficient (Wildman–Crippen LogP) is 0.979. The fraction of sp³-hybridized carbons (Fsp3) is 0.200. The summed E-state index contributed by atoms with van der Waals surface area (Å²) in [5, 5.41) is 0. The zero-order valence-electron chi connectivity index (χ0n) is 16.1. The molecule has 0 aliphatic heterocycles. The van der Waals surface area contributed by atoms with Gasteiger partial charge < -0.3 is 24.8 Å². The minimum absolute atomic E-state index is 0. The molecule has 3 aromatic rings. The minimum atomic E-state index is -1.94. The first-order chi connectivity index (χ1) is 12.8. The molecule has 0 radical (unpaired) electrons. The summed E-state index contributed by atoms with van der Waals surface area (Å²) >= 11 is -1.94. The van der Waals surface area contributed by atoms with Crippen molar-refractivity contribution >= 4 is 6.08 Å². The molecule has 0 amide bonds. The second-order valence-electron chi connectivity index (χ2n) is 7.73. The molecule has 5 rings (SSSR count). The SMILES string of the molecule is C[CH](C)[Zr+2]([CH]1C=Cc2ccccc21)[CH]1c2ccccc2-c2ccccc21.[Cl-].[Cl-]. The van der Waals surface area contributed by atoms with E-state index < -0.39 is 21.8 Å². The van der Waals surface area contributed by atoms with E-state index in [1.165, 1.54) is 16.7 Å². The molecule has 0 aromatic heterocycles. The van der Waals surface area contributed by atoms with Crippen molar-refractivity contribution < 1.29 is 46.6 Å². The maximum Gasteiger partial charge on any atom is -1.00 e. The molecule has 2 aliphatic carbocycles. The molecule has 0 saturated carbocycles. The van der Waals surface area contributed by atoms with E-state index in [1.54, 1.807) is 16.7 Å². The molecule has 1 unspecified atom stereocenters. The third kappa shape index (κ3) is 3.37. The fourth-order valence-corrected chi connectivity index (χ4v) is 14.5. The van der Waals surface area contributed by atoms with Crippen LogP contribution in [0.5, 0.6) is 0 Å². The minimum Gasteiger partial charge on any atom is -1.00 e. The predicted molar refractivity (Wildman–Crippen MR) is 107 cm³/mol. The van der Waals surface area contributed by atoms with Gasteiger partial charge in [0.2, 0.25) is 0 Å². The summed E-state index contributed by atoms with van der Waals surface area (Å²) in [6, 6.07) is 27.3. The molecule has 0 nitrogen and oxygen atoms in total. The van der Waals surface area contributed by atoms with E-state index in [9.17, 15) is 0 Å². The van der Waals surface area contributed by atoms with Crippen molar-refractivity contribution in [3.63, 3.8) is 0 Å². The largest absolute Gasteiger partial charge is 1.00 e. The monoisotopic (exact) mass is 483 g/mol. The van der Waals surface area contributed by atoms with E-state index >= 15 is 0 Å². The van der Waals surface area contributed by atoms with Gasteiger partial charge in [-0.1, -0.05) is 0 Å². The standard InChI is InChI=1S/C13H9.C9H7.C3H7.2ClH.Zr/c1-3-7-12-10(5-1)9-11-6-2-4-8-13(11)12;1-2-5-9-7-3-6-8(9)4-1;1-3-2;;;/h1-9H;1-7H;3H,1-2H3;2*1H;/q;;;;;+2/p-2. The van der Waals surface area contributed by atoms with Crippen molar-refractivity contribution in [2.45, 2.75) is 24.7 Å². The Kier molecular flexibility index (Phi) is 6.70. The summed E-state index contributed by atoms with van der Waals surface area (Å²) in [5.41, 5.74) is 9.15. The van der Waals surface area contributed by atoms with Gasteiger partial charge in [-0.25, -0.2) is 0 Å². The third-order valence-electron chi connectivity index (χ3n) is 5.99. The molecule has 0 bridgehead atoms. The fourth-order valence-electron chi connectivity index (χ4n) is 4.93. The number of halogens is 2. The van der Waals surface area contributed by atoms with Crippen molar-refractivity contribution in [2.24, 2.45) is 0 Å². The molecule has 0 fully saturated rings. The Morgan fingerprint density at radius 3 is 1.75 bits per heavy atom. The van der Waals surface area contributed by atoms with Crippen LogP contribution >= 0.6 is 0 Å². The van der Waals surface area contributed by atoms with Crippen LogP contribution in [0.4, 0.5) is 0 Å². The molecule has 1 atom stereocenters. The Balaban J connectivity index is 0.00000112. The Hall–Kier alpha value is -1.14. The van der Waals surface area contributed by atoms with Gasteiger partial charge in [0.1, 0.15) is 0 Å². The molecule has 3 aromatic carbocycles. The normalized spacial score (nSPS) is 16.0. The van der Waals surface area contributed by atoms with E-state index in [4.69, 9.17) is 0 Å². The summed E-state index contributed by atoms with van der Waals surface area (Å²) < 4.78 is 2.13. The molecule has 0 heterocycles. The van der Waals surface area contributed by atoms with Crippen LogP contribution in [0.1, 0.15) is 43.4 Å². The Labute approximate surface area is 188 Å². The van der Waals surface area contributed by atoms with Crippen molar-refractivity contribution in [1.29, 1.82) is 0 Å². The van der Waals surface area contributed by atoms with Gasteiger partial charge in [-0.15, -0.1) is 0 Å². The van der Waals surface area contributed by atoms with Crippen LogP contribution in [0.2, 0.25) is 3.63 Å². The van der Waals surface area contributed by atoms with Gasteiger partial charge in [0, 0.05) is 0 Å². The number of fused-ring (bicyclic) bond motifs is 4. The molecule has 0 N–H and O–H groups in total. The number of benzene rings is 3. The third-order valence-corrected chi connectivity index (χ3v) is 15.4. The van der Waals surface area contributed by atoms with Gasteiger partial charge in [0.05, 0.1) is 0 Å². The van der Waals surface area contributed by atoms with Crippen molar-refractivity contribution in [3.8, 4) is 11.1 Å². The number of rotatable bonds is 3. The van der Waals surface area contributed by atoms with Gasteiger partial charge in [0.25, 0.3) is 0 Å². The van der Waals surface area contributed by atoms with Crippen LogP contribution in [0.3, 0.4) is 0 Å². The molecular formula is C25H23Cl2Zr. The quantitative estimate of drug-likeness (QED) is 0.519. The molecular weight excluding hydrogens is 462 g/mol. The van der Waals surface area contributed by atoms with E-state index in [0.717, 1.165) is 3.63 Å². The molecule has 0 saturated heterocycles. The second-order valence-corrected chi connectivity index (χ2v) is 16.0. The van der Waals surface area contributed by atoms with Crippen LogP contribution in [0, 0.1) is 0 Å². The van der Waals surface area contributed by atoms with E-state index in [2.05, 4.69) is 98.8 Å². The molecule has 3 heteroatoms. The van der Waals surface area contributed by atoms with E-state index in [0.29, 0.717) is 7.25 Å². The average Bonchev–Trinajstić information content (AvgIpc) is 3.23. The van der Waals surface area contributed by atoms with Gasteiger partial charge in [0.15, 0.2) is 0 Å². The number of hydrogen-bond donors (Lipinski definition) is 0. The topological polar surface area (TPSA) is 0 Å².